The highest BCUT2D eigenvalue weighted by Gasteiger charge is 2.18. The zero-order valence-corrected chi connectivity index (χ0v) is 11.7. The fourth-order valence-corrected chi connectivity index (χ4v) is 2.41. The molecule has 0 N–H and O–H groups in total. The minimum atomic E-state index is -0.333. The van der Waals surface area contributed by atoms with Gasteiger partial charge in [0.25, 0.3) is 0 Å². The molecule has 0 saturated heterocycles. The first-order valence-electron chi connectivity index (χ1n) is 6.91. The van der Waals surface area contributed by atoms with Crippen molar-refractivity contribution in [3.63, 3.8) is 0 Å². The summed E-state index contributed by atoms with van der Waals surface area (Å²) in [4.78, 5) is 16.8. The second-order valence-corrected chi connectivity index (χ2v) is 4.65. The summed E-state index contributed by atoms with van der Waals surface area (Å²) in [6.45, 7) is 2.15. The summed E-state index contributed by atoms with van der Waals surface area (Å²) in [5, 5.41) is 0.931. The Bertz CT molecular complexity index is 782. The lowest BCUT2D eigenvalue weighted by molar-refractivity contribution is 0.0529. The maximum atomic E-state index is 12.4. The van der Waals surface area contributed by atoms with Crippen molar-refractivity contribution in [3.8, 4) is 11.1 Å². The Morgan fingerprint density at radius 3 is 2.62 bits per heavy atom. The number of benzene rings is 2. The number of nitrogens with zero attached hydrogens (tertiary/aromatic N) is 1. The molecule has 0 unspecified atom stereocenters. The third-order valence-corrected chi connectivity index (χ3v) is 3.34. The highest BCUT2D eigenvalue weighted by Crippen LogP contribution is 2.29. The fraction of sp³-hybridized carbons (Fsp3) is 0.111. The van der Waals surface area contributed by atoms with E-state index in [2.05, 4.69) is 4.98 Å². The number of pyridine rings is 1. The lowest BCUT2D eigenvalue weighted by Gasteiger charge is -2.11. The van der Waals surface area contributed by atoms with E-state index in [0.29, 0.717) is 17.7 Å². The zero-order valence-electron chi connectivity index (χ0n) is 11.7. The van der Waals surface area contributed by atoms with E-state index in [1.807, 2.05) is 54.6 Å². The molecule has 0 aliphatic heterocycles. The summed E-state index contributed by atoms with van der Waals surface area (Å²) in [7, 11) is 0. The van der Waals surface area contributed by atoms with Gasteiger partial charge >= 0.3 is 5.97 Å². The smallest absolute Gasteiger partial charge is 0.340 e. The fourth-order valence-electron chi connectivity index (χ4n) is 2.41. The standard InChI is InChI=1S/C18H15NO2/c1-2-21-18(20)16-15(13-7-4-3-5-8-13)11-10-14-9-6-12-19-17(14)16/h3-12H,2H2,1H3. The van der Waals surface area contributed by atoms with Crippen LogP contribution >= 0.6 is 0 Å². The van der Waals surface area contributed by atoms with Gasteiger partial charge in [-0.25, -0.2) is 4.79 Å². The molecule has 3 nitrogen and oxygen atoms in total. The summed E-state index contributed by atoms with van der Waals surface area (Å²) in [5.41, 5.74) is 3.03. The molecule has 0 bridgehead atoms. The van der Waals surface area contributed by atoms with E-state index in [9.17, 15) is 4.79 Å². The normalized spacial score (nSPS) is 10.5. The van der Waals surface area contributed by atoms with Crippen LogP contribution in [-0.4, -0.2) is 17.6 Å². The molecular weight excluding hydrogens is 262 g/mol. The zero-order chi connectivity index (χ0) is 14.7. The molecule has 0 atom stereocenters. The van der Waals surface area contributed by atoms with Gasteiger partial charge in [-0.05, 0) is 24.1 Å². The predicted octanol–water partition coefficient (Wildman–Crippen LogP) is 4.08. The molecule has 2 aromatic carbocycles. The van der Waals surface area contributed by atoms with Gasteiger partial charge in [0.15, 0.2) is 0 Å². The van der Waals surface area contributed by atoms with E-state index in [-0.39, 0.29) is 5.97 Å². The first kappa shape index (κ1) is 13.3. The molecule has 1 aromatic heterocycles. The number of carbonyl (C=O) groups is 1. The van der Waals surface area contributed by atoms with Gasteiger partial charge in [-0.2, -0.15) is 0 Å². The van der Waals surface area contributed by atoms with Gasteiger partial charge in [0, 0.05) is 11.6 Å². The van der Waals surface area contributed by atoms with Gasteiger partial charge in [0.2, 0.25) is 0 Å². The molecule has 0 aliphatic rings. The van der Waals surface area contributed by atoms with Crippen molar-refractivity contribution >= 4 is 16.9 Å². The van der Waals surface area contributed by atoms with E-state index in [1.165, 1.54) is 0 Å². The summed E-state index contributed by atoms with van der Waals surface area (Å²) in [6.07, 6.45) is 1.69. The molecule has 1 heterocycles. The number of hydrogen-bond donors (Lipinski definition) is 0. The number of esters is 1. The van der Waals surface area contributed by atoms with Crippen molar-refractivity contribution in [1.82, 2.24) is 4.98 Å². The predicted molar refractivity (Wildman–Crippen MR) is 83.1 cm³/mol. The van der Waals surface area contributed by atoms with Crippen LogP contribution in [0, 0.1) is 0 Å². The minimum absolute atomic E-state index is 0.333. The van der Waals surface area contributed by atoms with Crippen molar-refractivity contribution in [2.24, 2.45) is 0 Å². The highest BCUT2D eigenvalue weighted by molar-refractivity contribution is 6.08. The number of aromatic nitrogens is 1. The van der Waals surface area contributed by atoms with Gasteiger partial charge in [0.05, 0.1) is 17.7 Å². The monoisotopic (exact) mass is 277 g/mol. The van der Waals surface area contributed by atoms with Crippen LogP contribution < -0.4 is 0 Å². The maximum Gasteiger partial charge on any atom is 0.340 e. The Balaban J connectivity index is 2.29. The van der Waals surface area contributed by atoms with Crippen LogP contribution in [-0.2, 0) is 4.74 Å². The van der Waals surface area contributed by atoms with Crippen molar-refractivity contribution < 1.29 is 9.53 Å². The van der Waals surface area contributed by atoms with Gasteiger partial charge in [-0.1, -0.05) is 48.5 Å². The van der Waals surface area contributed by atoms with Crippen molar-refractivity contribution in [2.45, 2.75) is 6.92 Å². The maximum absolute atomic E-state index is 12.4. The Morgan fingerprint density at radius 1 is 1.05 bits per heavy atom. The number of ether oxygens (including phenoxy) is 1. The molecule has 0 saturated carbocycles. The van der Waals surface area contributed by atoms with E-state index in [0.717, 1.165) is 16.5 Å². The van der Waals surface area contributed by atoms with Crippen molar-refractivity contribution in [2.75, 3.05) is 6.61 Å². The Hall–Kier alpha value is -2.68. The number of hydrogen-bond acceptors (Lipinski definition) is 3. The van der Waals surface area contributed by atoms with Crippen LogP contribution in [0.3, 0.4) is 0 Å². The number of rotatable bonds is 3. The number of fused-ring (bicyclic) bond motifs is 1. The Kier molecular flexibility index (Phi) is 3.65. The summed E-state index contributed by atoms with van der Waals surface area (Å²) in [5.74, 6) is -0.333. The third-order valence-electron chi connectivity index (χ3n) is 3.34. The van der Waals surface area contributed by atoms with E-state index in [4.69, 9.17) is 4.74 Å². The van der Waals surface area contributed by atoms with E-state index in [1.54, 1.807) is 13.1 Å². The topological polar surface area (TPSA) is 39.2 Å². The van der Waals surface area contributed by atoms with Crippen LogP contribution in [0.25, 0.3) is 22.0 Å². The molecule has 0 aliphatic carbocycles. The molecule has 0 radical (unpaired) electrons. The average Bonchev–Trinajstić information content (AvgIpc) is 2.54. The molecule has 104 valence electrons. The number of carbonyl (C=O) groups excluding carboxylic acids is 1. The van der Waals surface area contributed by atoms with Gasteiger partial charge in [0.1, 0.15) is 0 Å². The third kappa shape index (κ3) is 2.50. The molecule has 0 amide bonds. The first-order valence-corrected chi connectivity index (χ1v) is 6.91. The van der Waals surface area contributed by atoms with Crippen LogP contribution in [0.5, 0.6) is 0 Å². The van der Waals surface area contributed by atoms with Crippen LogP contribution in [0.1, 0.15) is 17.3 Å². The Morgan fingerprint density at radius 2 is 1.86 bits per heavy atom. The largest absolute Gasteiger partial charge is 0.462 e. The van der Waals surface area contributed by atoms with Crippen LogP contribution in [0.2, 0.25) is 0 Å². The van der Waals surface area contributed by atoms with E-state index >= 15 is 0 Å². The second kappa shape index (κ2) is 5.75. The lowest BCUT2D eigenvalue weighted by Crippen LogP contribution is -2.08. The molecule has 3 heteroatoms. The van der Waals surface area contributed by atoms with Gasteiger partial charge in [-0.15, -0.1) is 0 Å². The quantitative estimate of drug-likeness (QED) is 0.677. The van der Waals surface area contributed by atoms with Gasteiger partial charge < -0.3 is 4.74 Å². The average molecular weight is 277 g/mol. The minimum Gasteiger partial charge on any atom is -0.462 e. The summed E-state index contributed by atoms with van der Waals surface area (Å²) < 4.78 is 5.22. The first-order chi connectivity index (χ1) is 10.3. The van der Waals surface area contributed by atoms with Crippen LogP contribution in [0.15, 0.2) is 60.8 Å². The molecule has 3 aromatic rings. The molecule has 0 spiro atoms. The van der Waals surface area contributed by atoms with Crippen LogP contribution in [0.4, 0.5) is 0 Å². The Labute approximate surface area is 123 Å². The molecule has 21 heavy (non-hydrogen) atoms. The molecule has 3 rings (SSSR count). The summed E-state index contributed by atoms with van der Waals surface area (Å²) in [6, 6.07) is 17.5. The SMILES string of the molecule is CCOC(=O)c1c(-c2ccccc2)ccc2cccnc12. The lowest BCUT2D eigenvalue weighted by atomic mass is 9.97. The van der Waals surface area contributed by atoms with Gasteiger partial charge in [-0.3, -0.25) is 4.98 Å². The van der Waals surface area contributed by atoms with Crippen molar-refractivity contribution in [3.05, 3.63) is 66.4 Å². The highest BCUT2D eigenvalue weighted by atomic mass is 16.5. The van der Waals surface area contributed by atoms with Crippen molar-refractivity contribution in [1.29, 1.82) is 0 Å². The second-order valence-electron chi connectivity index (χ2n) is 4.65. The molecule has 0 fully saturated rings. The summed E-state index contributed by atoms with van der Waals surface area (Å²) >= 11 is 0. The van der Waals surface area contributed by atoms with E-state index < -0.39 is 0 Å². The molecular formula is C18H15NO2.